The van der Waals surface area contributed by atoms with E-state index in [4.69, 9.17) is 5.26 Å². The summed E-state index contributed by atoms with van der Waals surface area (Å²) >= 11 is 1.15. The zero-order valence-electron chi connectivity index (χ0n) is 9.00. The maximum Gasteiger partial charge on any atom is 0.225 e. The highest BCUT2D eigenvalue weighted by Crippen LogP contribution is 2.23. The van der Waals surface area contributed by atoms with Crippen molar-refractivity contribution in [1.29, 1.82) is 5.26 Å². The van der Waals surface area contributed by atoms with Gasteiger partial charge in [0.2, 0.25) is 5.91 Å². The van der Waals surface area contributed by atoms with Crippen molar-refractivity contribution in [3.63, 3.8) is 0 Å². The topological polar surface area (TPSA) is 65.8 Å². The molecule has 0 saturated heterocycles. The SMILES string of the molecule is Cc1nsc(NC(=O)CC(C)C)c1C#N. The second-order valence-electron chi connectivity index (χ2n) is 3.73. The van der Waals surface area contributed by atoms with Crippen LogP contribution in [0.2, 0.25) is 0 Å². The van der Waals surface area contributed by atoms with Crippen molar-refractivity contribution in [2.24, 2.45) is 5.92 Å². The van der Waals surface area contributed by atoms with Gasteiger partial charge in [-0.05, 0) is 24.4 Å². The first-order chi connectivity index (χ1) is 7.04. The average molecular weight is 223 g/mol. The number of aromatic nitrogens is 1. The third-order valence-corrected chi connectivity index (χ3v) is 2.68. The van der Waals surface area contributed by atoms with E-state index in [1.54, 1.807) is 6.92 Å². The summed E-state index contributed by atoms with van der Waals surface area (Å²) in [7, 11) is 0. The van der Waals surface area contributed by atoms with Crippen molar-refractivity contribution in [2.45, 2.75) is 27.2 Å². The van der Waals surface area contributed by atoms with Gasteiger partial charge in [-0.2, -0.15) is 9.64 Å². The Morgan fingerprint density at radius 1 is 1.67 bits per heavy atom. The number of amides is 1. The number of nitrogens with zero attached hydrogens (tertiary/aromatic N) is 2. The Morgan fingerprint density at radius 2 is 2.33 bits per heavy atom. The predicted molar refractivity (Wildman–Crippen MR) is 59.7 cm³/mol. The molecule has 0 aliphatic heterocycles. The Hall–Kier alpha value is -1.41. The molecular formula is C10H13N3OS. The Labute approximate surface area is 93.1 Å². The molecule has 0 aliphatic rings. The van der Waals surface area contributed by atoms with E-state index in [9.17, 15) is 4.79 Å². The smallest absolute Gasteiger partial charge is 0.225 e. The van der Waals surface area contributed by atoms with Crippen molar-refractivity contribution in [3.8, 4) is 6.07 Å². The lowest BCUT2D eigenvalue weighted by atomic mass is 10.1. The minimum Gasteiger partial charge on any atom is -0.315 e. The molecule has 0 spiro atoms. The van der Waals surface area contributed by atoms with Gasteiger partial charge in [-0.15, -0.1) is 0 Å². The molecule has 0 atom stereocenters. The van der Waals surface area contributed by atoms with E-state index < -0.39 is 0 Å². The van der Waals surface area contributed by atoms with Crippen molar-refractivity contribution >= 4 is 22.4 Å². The van der Waals surface area contributed by atoms with E-state index in [0.29, 0.717) is 28.6 Å². The third-order valence-electron chi connectivity index (χ3n) is 1.82. The third kappa shape index (κ3) is 3.03. The van der Waals surface area contributed by atoms with Gasteiger partial charge < -0.3 is 5.32 Å². The summed E-state index contributed by atoms with van der Waals surface area (Å²) < 4.78 is 4.02. The number of hydrogen-bond donors (Lipinski definition) is 1. The number of carbonyl (C=O) groups is 1. The summed E-state index contributed by atoms with van der Waals surface area (Å²) in [5, 5.41) is 12.1. The molecule has 0 radical (unpaired) electrons. The first-order valence-corrected chi connectivity index (χ1v) is 5.48. The molecule has 0 aliphatic carbocycles. The van der Waals surface area contributed by atoms with Crippen LogP contribution in [0, 0.1) is 24.2 Å². The van der Waals surface area contributed by atoms with Gasteiger partial charge in [0.1, 0.15) is 16.6 Å². The van der Waals surface area contributed by atoms with Gasteiger partial charge in [-0.3, -0.25) is 4.79 Å². The molecule has 80 valence electrons. The summed E-state index contributed by atoms with van der Waals surface area (Å²) in [5.41, 5.74) is 1.14. The second-order valence-corrected chi connectivity index (χ2v) is 4.50. The van der Waals surface area contributed by atoms with E-state index in [0.717, 1.165) is 11.5 Å². The summed E-state index contributed by atoms with van der Waals surface area (Å²) in [4.78, 5) is 11.5. The van der Waals surface area contributed by atoms with Crippen molar-refractivity contribution < 1.29 is 4.79 Å². The average Bonchev–Trinajstić information content (AvgIpc) is 2.45. The van der Waals surface area contributed by atoms with Gasteiger partial charge >= 0.3 is 0 Å². The van der Waals surface area contributed by atoms with Gasteiger partial charge in [-0.1, -0.05) is 13.8 Å². The van der Waals surface area contributed by atoms with Crippen LogP contribution in [0.25, 0.3) is 0 Å². The maximum absolute atomic E-state index is 11.5. The zero-order valence-corrected chi connectivity index (χ0v) is 9.81. The van der Waals surface area contributed by atoms with E-state index in [1.165, 1.54) is 0 Å². The first kappa shape index (κ1) is 11.7. The standard InChI is InChI=1S/C10H13N3OS/c1-6(2)4-9(14)12-10-8(5-11)7(3)13-15-10/h6H,4H2,1-3H3,(H,12,14). The van der Waals surface area contributed by atoms with Crippen LogP contribution < -0.4 is 5.32 Å². The minimum atomic E-state index is -0.0647. The fourth-order valence-corrected chi connectivity index (χ4v) is 1.90. The molecule has 1 heterocycles. The first-order valence-electron chi connectivity index (χ1n) is 4.70. The lowest BCUT2D eigenvalue weighted by Gasteiger charge is -2.04. The van der Waals surface area contributed by atoms with Gasteiger partial charge in [0.15, 0.2) is 0 Å². The maximum atomic E-state index is 11.5. The van der Waals surface area contributed by atoms with Gasteiger partial charge in [-0.25, -0.2) is 0 Å². The summed E-state index contributed by atoms with van der Waals surface area (Å²) in [6, 6.07) is 2.04. The highest BCUT2D eigenvalue weighted by Gasteiger charge is 2.13. The molecule has 1 rings (SSSR count). The monoisotopic (exact) mass is 223 g/mol. The van der Waals surface area contributed by atoms with Gasteiger partial charge in [0, 0.05) is 6.42 Å². The van der Waals surface area contributed by atoms with Crippen molar-refractivity contribution in [3.05, 3.63) is 11.3 Å². The second kappa shape index (κ2) is 4.89. The number of nitrogens with one attached hydrogen (secondary N) is 1. The van der Waals surface area contributed by atoms with Gasteiger partial charge in [0.25, 0.3) is 0 Å². The molecule has 4 nitrogen and oxygen atoms in total. The minimum absolute atomic E-state index is 0.0647. The van der Waals surface area contributed by atoms with Crippen molar-refractivity contribution in [2.75, 3.05) is 5.32 Å². The fraction of sp³-hybridized carbons (Fsp3) is 0.500. The van der Waals surface area contributed by atoms with Crippen LogP contribution >= 0.6 is 11.5 Å². The van der Waals surface area contributed by atoms with Crippen LogP contribution in [-0.2, 0) is 4.79 Å². The lowest BCUT2D eigenvalue weighted by molar-refractivity contribution is -0.116. The van der Waals surface area contributed by atoms with Crippen molar-refractivity contribution in [1.82, 2.24) is 4.37 Å². The molecular weight excluding hydrogens is 210 g/mol. The zero-order chi connectivity index (χ0) is 11.4. The molecule has 15 heavy (non-hydrogen) atoms. The highest BCUT2D eigenvalue weighted by molar-refractivity contribution is 7.10. The largest absolute Gasteiger partial charge is 0.315 e. The van der Waals surface area contributed by atoms with Gasteiger partial charge in [0.05, 0.1) is 5.69 Å². The number of hydrogen-bond acceptors (Lipinski definition) is 4. The number of aryl methyl sites for hydroxylation is 1. The highest BCUT2D eigenvalue weighted by atomic mass is 32.1. The van der Waals surface area contributed by atoms with Crippen LogP contribution in [0.15, 0.2) is 0 Å². The quantitative estimate of drug-likeness (QED) is 0.855. The van der Waals surface area contributed by atoms with E-state index >= 15 is 0 Å². The summed E-state index contributed by atoms with van der Waals surface area (Å²) in [6.45, 7) is 5.71. The van der Waals surface area contributed by atoms with E-state index in [-0.39, 0.29) is 5.91 Å². The van der Waals surface area contributed by atoms with E-state index in [2.05, 4.69) is 9.69 Å². The molecule has 5 heteroatoms. The molecule has 0 unspecified atom stereocenters. The Kier molecular flexibility index (Phi) is 3.81. The lowest BCUT2D eigenvalue weighted by Crippen LogP contribution is -2.13. The summed E-state index contributed by atoms with van der Waals surface area (Å²) in [6.07, 6.45) is 0.460. The molecule has 1 aromatic heterocycles. The molecule has 0 fully saturated rings. The number of rotatable bonds is 3. The van der Waals surface area contributed by atoms with E-state index in [1.807, 2.05) is 19.9 Å². The molecule has 0 aromatic carbocycles. The number of nitriles is 1. The Morgan fingerprint density at radius 3 is 2.87 bits per heavy atom. The van der Waals surface area contributed by atoms with Crippen LogP contribution in [0.5, 0.6) is 0 Å². The normalized spacial score (nSPS) is 10.1. The molecule has 1 aromatic rings. The Bertz CT molecular complexity index is 403. The van der Waals surface area contributed by atoms with Crippen LogP contribution in [0.3, 0.4) is 0 Å². The van der Waals surface area contributed by atoms with Crippen LogP contribution in [0.1, 0.15) is 31.5 Å². The molecule has 0 saturated carbocycles. The molecule has 0 bridgehead atoms. The predicted octanol–water partition coefficient (Wildman–Crippen LogP) is 2.31. The van der Waals surface area contributed by atoms with Crippen LogP contribution in [-0.4, -0.2) is 10.3 Å². The fourth-order valence-electron chi connectivity index (χ4n) is 1.14. The number of anilines is 1. The molecule has 1 amide bonds. The van der Waals surface area contributed by atoms with Crippen LogP contribution in [0.4, 0.5) is 5.00 Å². The Balaban J connectivity index is 2.73. The summed E-state index contributed by atoms with van der Waals surface area (Å²) in [5.74, 6) is 0.245. The molecule has 1 N–H and O–H groups in total. The number of carbonyl (C=O) groups excluding carboxylic acids is 1.